The number of hydrogen-bond donors (Lipinski definition) is 0. The zero-order chi connectivity index (χ0) is 29.3. The Morgan fingerprint density at radius 3 is 1.88 bits per heavy atom. The minimum Gasteiger partial charge on any atom is -0.413 e. The van der Waals surface area contributed by atoms with E-state index in [1.54, 1.807) is 0 Å². The van der Waals surface area contributed by atoms with Crippen molar-refractivity contribution in [2.75, 3.05) is 6.61 Å². The first-order valence-corrected chi connectivity index (χ1v) is 20.1. The van der Waals surface area contributed by atoms with Crippen molar-refractivity contribution in [1.82, 2.24) is 0 Å². The van der Waals surface area contributed by atoms with Gasteiger partial charge < -0.3 is 13.6 Å². The summed E-state index contributed by atoms with van der Waals surface area (Å²) >= 11 is 0. The van der Waals surface area contributed by atoms with Crippen molar-refractivity contribution in [1.29, 1.82) is 0 Å². The van der Waals surface area contributed by atoms with Crippen molar-refractivity contribution >= 4 is 33.3 Å². The van der Waals surface area contributed by atoms with Crippen molar-refractivity contribution in [2.45, 2.75) is 90.6 Å². The van der Waals surface area contributed by atoms with Crippen LogP contribution in [0.2, 0.25) is 23.2 Å². The van der Waals surface area contributed by atoms with Crippen LogP contribution in [0.15, 0.2) is 72.8 Å². The minimum atomic E-state index is -2.59. The van der Waals surface area contributed by atoms with Crippen LogP contribution in [0.4, 0.5) is 0 Å². The van der Waals surface area contributed by atoms with Gasteiger partial charge in [-0.2, -0.15) is 0 Å². The van der Waals surface area contributed by atoms with E-state index in [1.807, 2.05) is 0 Å². The second kappa shape index (κ2) is 11.8. The van der Waals surface area contributed by atoms with Gasteiger partial charge in [0.05, 0.1) is 6.10 Å². The fourth-order valence-corrected chi connectivity index (χ4v) is 13.0. The Balaban J connectivity index is 1.56. The van der Waals surface area contributed by atoms with E-state index in [4.69, 9.17) is 8.85 Å². The molecule has 2 aromatic rings. The van der Waals surface area contributed by atoms with Crippen LogP contribution in [-0.4, -0.2) is 35.6 Å². The maximum Gasteiger partial charge on any atom is 0.261 e. The Morgan fingerprint density at radius 2 is 1.40 bits per heavy atom. The van der Waals surface area contributed by atoms with E-state index in [1.165, 1.54) is 16.7 Å². The van der Waals surface area contributed by atoms with Gasteiger partial charge in [0.1, 0.15) is 6.29 Å². The monoisotopic (exact) mass is 576 g/mol. The molecule has 0 spiro atoms. The first kappa shape index (κ1) is 31.1. The summed E-state index contributed by atoms with van der Waals surface area (Å²) in [4.78, 5) is 12.6. The lowest BCUT2D eigenvalue weighted by Crippen LogP contribution is -2.66. The van der Waals surface area contributed by atoms with E-state index in [-0.39, 0.29) is 28.0 Å². The van der Waals surface area contributed by atoms with Gasteiger partial charge in [0.25, 0.3) is 8.32 Å². The van der Waals surface area contributed by atoms with Crippen molar-refractivity contribution < 1.29 is 13.6 Å². The second-order valence-corrected chi connectivity index (χ2v) is 23.9. The molecule has 5 heteroatoms. The molecule has 4 rings (SSSR count). The SMILES string of the molecule is C[C@@H]1C[C@@H]2[C@@H](C=C[C@@H](CCO[Si](c3ccccc3)(c3ccccc3)C(C)(C)C)[C@H]2C=O)[C@@H]1O[Si](C)(C)C(C)(C)C. The molecule has 0 N–H and O–H groups in total. The highest BCUT2D eigenvalue weighted by Crippen LogP contribution is 2.51. The summed E-state index contributed by atoms with van der Waals surface area (Å²) in [6, 6.07) is 21.7. The average molecular weight is 577 g/mol. The fourth-order valence-electron chi connectivity index (χ4n) is 7.04. The van der Waals surface area contributed by atoms with Gasteiger partial charge in [-0.05, 0) is 64.1 Å². The van der Waals surface area contributed by atoms with Gasteiger partial charge in [0.2, 0.25) is 0 Å². The van der Waals surface area contributed by atoms with Gasteiger partial charge >= 0.3 is 0 Å². The number of carbonyl (C=O) groups is 1. The molecule has 0 unspecified atom stereocenters. The molecule has 0 bridgehead atoms. The molecule has 2 aromatic carbocycles. The van der Waals surface area contributed by atoms with Crippen LogP contribution < -0.4 is 10.4 Å². The van der Waals surface area contributed by atoms with E-state index in [0.717, 1.165) is 12.8 Å². The van der Waals surface area contributed by atoms with Gasteiger partial charge in [-0.3, -0.25) is 0 Å². The summed E-state index contributed by atoms with van der Waals surface area (Å²) in [5.41, 5.74) is 0. The molecule has 2 aliphatic rings. The number of rotatable bonds is 9. The van der Waals surface area contributed by atoms with Gasteiger partial charge in [0, 0.05) is 18.4 Å². The quantitative estimate of drug-likeness (QED) is 0.175. The molecule has 3 nitrogen and oxygen atoms in total. The van der Waals surface area contributed by atoms with Crippen molar-refractivity contribution in [2.24, 2.45) is 29.6 Å². The topological polar surface area (TPSA) is 35.5 Å². The molecule has 2 aliphatic carbocycles. The van der Waals surface area contributed by atoms with Crippen LogP contribution in [0, 0.1) is 29.6 Å². The molecule has 1 saturated carbocycles. The fraction of sp³-hybridized carbons (Fsp3) is 0.571. The Morgan fingerprint density at radius 1 is 0.850 bits per heavy atom. The number of aldehydes is 1. The third-order valence-electron chi connectivity index (χ3n) is 10.2. The molecule has 218 valence electrons. The van der Waals surface area contributed by atoms with Crippen molar-refractivity contribution in [3.05, 3.63) is 72.8 Å². The van der Waals surface area contributed by atoms with Crippen LogP contribution in [0.5, 0.6) is 0 Å². The molecule has 0 radical (unpaired) electrons. The summed E-state index contributed by atoms with van der Waals surface area (Å²) in [6.07, 6.45) is 8.10. The largest absolute Gasteiger partial charge is 0.413 e. The maximum absolute atomic E-state index is 12.6. The minimum absolute atomic E-state index is 0.0215. The van der Waals surface area contributed by atoms with Crippen LogP contribution in [0.1, 0.15) is 61.3 Å². The van der Waals surface area contributed by atoms with Crippen LogP contribution >= 0.6 is 0 Å². The lowest BCUT2D eigenvalue weighted by molar-refractivity contribution is -0.114. The molecule has 40 heavy (non-hydrogen) atoms. The second-order valence-electron chi connectivity index (χ2n) is 14.9. The highest BCUT2D eigenvalue weighted by atomic mass is 28.4. The van der Waals surface area contributed by atoms with E-state index in [9.17, 15) is 4.79 Å². The van der Waals surface area contributed by atoms with E-state index < -0.39 is 16.6 Å². The van der Waals surface area contributed by atoms with Gasteiger partial charge in [0.15, 0.2) is 8.32 Å². The summed E-state index contributed by atoms with van der Waals surface area (Å²) in [5, 5.41) is 2.72. The molecule has 1 fully saturated rings. The lowest BCUT2D eigenvalue weighted by Gasteiger charge is -2.44. The number of hydrogen-bond acceptors (Lipinski definition) is 3. The first-order valence-electron chi connectivity index (χ1n) is 15.3. The zero-order valence-corrected chi connectivity index (χ0v) is 28.3. The maximum atomic E-state index is 12.6. The average Bonchev–Trinajstić information content (AvgIpc) is 3.20. The summed E-state index contributed by atoms with van der Waals surface area (Å²) < 4.78 is 14.2. The molecule has 0 heterocycles. The Hall–Kier alpha value is -1.80. The number of carbonyl (C=O) groups excluding carboxylic acids is 1. The third-order valence-corrected chi connectivity index (χ3v) is 19.7. The molecule has 0 aromatic heterocycles. The van der Waals surface area contributed by atoms with Gasteiger partial charge in [-0.25, -0.2) is 0 Å². The van der Waals surface area contributed by atoms with Crippen LogP contribution in [0.25, 0.3) is 0 Å². The summed E-state index contributed by atoms with van der Waals surface area (Å²) in [6.45, 7) is 21.6. The van der Waals surface area contributed by atoms with Crippen molar-refractivity contribution in [3.8, 4) is 0 Å². The smallest absolute Gasteiger partial charge is 0.261 e. The lowest BCUT2D eigenvalue weighted by atomic mass is 9.71. The Kier molecular flexibility index (Phi) is 9.21. The number of benzene rings is 2. The highest BCUT2D eigenvalue weighted by Gasteiger charge is 2.52. The van der Waals surface area contributed by atoms with E-state index in [2.05, 4.69) is 134 Å². The van der Waals surface area contributed by atoms with Gasteiger partial charge in [-0.15, -0.1) is 0 Å². The van der Waals surface area contributed by atoms with E-state index >= 15 is 0 Å². The predicted molar refractivity (Wildman–Crippen MR) is 173 cm³/mol. The molecule has 6 atom stereocenters. The normalized spacial score (nSPS) is 27.4. The number of allylic oxidation sites excluding steroid dienone is 1. The van der Waals surface area contributed by atoms with Crippen molar-refractivity contribution in [3.63, 3.8) is 0 Å². The Bertz CT molecular complexity index is 1110. The summed E-state index contributed by atoms with van der Waals surface area (Å²) in [5.74, 6) is 1.37. The molecule has 0 aliphatic heterocycles. The molecular formula is C35H52O3Si2. The molecule has 0 saturated heterocycles. The highest BCUT2D eigenvalue weighted by molar-refractivity contribution is 6.99. The molecule has 0 amide bonds. The zero-order valence-electron chi connectivity index (χ0n) is 26.3. The van der Waals surface area contributed by atoms with Crippen LogP contribution in [0.3, 0.4) is 0 Å². The first-order chi connectivity index (χ1) is 18.7. The predicted octanol–water partition coefficient (Wildman–Crippen LogP) is 7.62. The molecular weight excluding hydrogens is 525 g/mol. The van der Waals surface area contributed by atoms with E-state index in [0.29, 0.717) is 24.4 Å². The Labute approximate surface area is 246 Å². The third kappa shape index (κ3) is 5.90. The number of fused-ring (bicyclic) bond motifs is 1. The van der Waals surface area contributed by atoms with Crippen LogP contribution in [-0.2, 0) is 13.6 Å². The standard InChI is InChI=1S/C35H52O3Si2/c1-26-24-31-30(33(26)38-39(8,9)34(2,3)4)21-20-27(32(31)25-36)22-23-37-40(35(5,6)7,28-16-12-10-13-17-28)29-18-14-11-15-19-29/h10-21,25-27,30-33H,22-24H2,1-9H3/t26-,27+,30-,31-,32-,33-/m1/s1. The van der Waals surface area contributed by atoms with Gasteiger partial charge in [-0.1, -0.05) is 121 Å². The summed E-state index contributed by atoms with van der Waals surface area (Å²) in [7, 11) is -4.49.